The second-order valence-corrected chi connectivity index (χ2v) is 4.41. The molecule has 0 N–H and O–H groups in total. The maximum atomic E-state index is 12.8. The number of hydrogen-bond donors (Lipinski definition) is 0. The molecule has 0 aliphatic rings. The predicted octanol–water partition coefficient (Wildman–Crippen LogP) is 2.44. The van der Waals surface area contributed by atoms with Crippen molar-refractivity contribution in [2.45, 2.75) is 13.8 Å². The normalized spacial score (nSPS) is 9.90. The van der Waals surface area contributed by atoms with Crippen LogP contribution in [-0.4, -0.2) is 22.1 Å². The van der Waals surface area contributed by atoms with Gasteiger partial charge in [-0.15, -0.1) is 0 Å². The van der Waals surface area contributed by atoms with Crippen molar-refractivity contribution in [2.75, 3.05) is 6.61 Å². The fourth-order valence-corrected chi connectivity index (χ4v) is 1.89. The number of carbonyl (C=O) groups excluding carboxylic acids is 1. The van der Waals surface area contributed by atoms with Crippen molar-refractivity contribution in [3.8, 4) is 11.8 Å². The molecule has 1 aromatic carbocycles. The van der Waals surface area contributed by atoms with Crippen LogP contribution in [0.4, 0.5) is 4.39 Å². The topological polar surface area (TPSA) is 44.1 Å². The van der Waals surface area contributed by atoms with Gasteiger partial charge in [-0.3, -0.25) is 0 Å². The number of aryl methyl sites for hydroxylation is 1. The molecule has 0 aliphatic carbocycles. The lowest BCUT2D eigenvalue weighted by molar-refractivity contribution is 0.0514. The molecule has 0 saturated carbocycles. The molecule has 0 fully saturated rings. The van der Waals surface area contributed by atoms with Gasteiger partial charge in [0, 0.05) is 12.6 Å². The molecule has 5 heteroatoms. The molecule has 0 saturated heterocycles. The quantitative estimate of drug-likeness (QED) is 0.629. The third-order valence-corrected chi connectivity index (χ3v) is 2.90. The molecule has 0 amide bonds. The summed E-state index contributed by atoms with van der Waals surface area (Å²) in [5.74, 6) is 5.50. The SMILES string of the molecule is CCOC(=O)c1c(C)nc(C#Cc2ccc(F)cc2)n1C. The Hall–Kier alpha value is -2.61. The van der Waals surface area contributed by atoms with Crippen LogP contribution in [0.2, 0.25) is 0 Å². The van der Waals surface area contributed by atoms with Crippen LogP contribution >= 0.6 is 0 Å². The third kappa shape index (κ3) is 3.29. The highest BCUT2D eigenvalue weighted by molar-refractivity contribution is 5.89. The van der Waals surface area contributed by atoms with Crippen molar-refractivity contribution < 1.29 is 13.9 Å². The van der Waals surface area contributed by atoms with E-state index in [4.69, 9.17) is 4.74 Å². The Morgan fingerprint density at radius 2 is 2.00 bits per heavy atom. The lowest BCUT2D eigenvalue weighted by Gasteiger charge is -2.03. The van der Waals surface area contributed by atoms with Crippen LogP contribution in [0.25, 0.3) is 0 Å². The van der Waals surface area contributed by atoms with E-state index in [1.54, 1.807) is 37.6 Å². The summed E-state index contributed by atoms with van der Waals surface area (Å²) in [5.41, 5.74) is 1.63. The zero-order valence-electron chi connectivity index (χ0n) is 12.1. The van der Waals surface area contributed by atoms with Crippen molar-refractivity contribution >= 4 is 5.97 Å². The van der Waals surface area contributed by atoms with Gasteiger partial charge in [-0.05, 0) is 44.0 Å². The van der Waals surface area contributed by atoms with Crippen LogP contribution < -0.4 is 0 Å². The summed E-state index contributed by atoms with van der Waals surface area (Å²) in [6.07, 6.45) is 0. The van der Waals surface area contributed by atoms with Gasteiger partial charge in [0.05, 0.1) is 12.3 Å². The van der Waals surface area contributed by atoms with Gasteiger partial charge in [0.15, 0.2) is 11.5 Å². The molecule has 1 aromatic heterocycles. The van der Waals surface area contributed by atoms with E-state index < -0.39 is 5.97 Å². The fourth-order valence-electron chi connectivity index (χ4n) is 1.89. The summed E-state index contributed by atoms with van der Waals surface area (Å²) < 4.78 is 19.4. The van der Waals surface area contributed by atoms with E-state index >= 15 is 0 Å². The second kappa shape index (κ2) is 6.23. The van der Waals surface area contributed by atoms with E-state index in [2.05, 4.69) is 16.8 Å². The number of nitrogens with zero attached hydrogens (tertiary/aromatic N) is 2. The number of aromatic nitrogens is 2. The number of halogens is 1. The largest absolute Gasteiger partial charge is 0.461 e. The molecular formula is C16H15FN2O2. The van der Waals surface area contributed by atoms with Crippen molar-refractivity contribution in [2.24, 2.45) is 7.05 Å². The van der Waals surface area contributed by atoms with E-state index in [1.165, 1.54) is 12.1 Å². The van der Waals surface area contributed by atoms with Crippen LogP contribution in [0.15, 0.2) is 24.3 Å². The first-order valence-corrected chi connectivity index (χ1v) is 6.51. The van der Waals surface area contributed by atoms with Gasteiger partial charge < -0.3 is 9.30 Å². The van der Waals surface area contributed by atoms with Gasteiger partial charge in [0.25, 0.3) is 0 Å². The molecule has 0 spiro atoms. The number of imidazole rings is 1. The van der Waals surface area contributed by atoms with E-state index in [1.807, 2.05) is 0 Å². The molecule has 0 bridgehead atoms. The summed E-state index contributed by atoms with van der Waals surface area (Å²) >= 11 is 0. The first kappa shape index (κ1) is 14.8. The Morgan fingerprint density at radius 1 is 1.33 bits per heavy atom. The Balaban J connectivity index is 2.32. The minimum absolute atomic E-state index is 0.306. The van der Waals surface area contributed by atoms with E-state index in [0.29, 0.717) is 29.4 Å². The van der Waals surface area contributed by atoms with Gasteiger partial charge in [-0.1, -0.05) is 5.92 Å². The maximum absolute atomic E-state index is 12.8. The summed E-state index contributed by atoms with van der Waals surface area (Å²) in [4.78, 5) is 16.1. The minimum atomic E-state index is -0.417. The second-order valence-electron chi connectivity index (χ2n) is 4.41. The summed E-state index contributed by atoms with van der Waals surface area (Å²) in [5, 5.41) is 0. The van der Waals surface area contributed by atoms with Gasteiger partial charge in [-0.25, -0.2) is 14.2 Å². The average Bonchev–Trinajstić information content (AvgIpc) is 2.73. The molecular weight excluding hydrogens is 271 g/mol. The predicted molar refractivity (Wildman–Crippen MR) is 76.3 cm³/mol. The molecule has 108 valence electrons. The minimum Gasteiger partial charge on any atom is -0.461 e. The first-order valence-electron chi connectivity index (χ1n) is 6.51. The number of esters is 1. The van der Waals surface area contributed by atoms with Crippen LogP contribution in [0.1, 0.15) is 34.5 Å². The van der Waals surface area contributed by atoms with Crippen molar-refractivity contribution in [1.29, 1.82) is 0 Å². The highest BCUT2D eigenvalue weighted by Crippen LogP contribution is 2.11. The smallest absolute Gasteiger partial charge is 0.356 e. The zero-order valence-corrected chi connectivity index (χ0v) is 12.1. The molecule has 0 aliphatic heterocycles. The van der Waals surface area contributed by atoms with Gasteiger partial charge in [0.1, 0.15) is 5.82 Å². The molecule has 0 atom stereocenters. The van der Waals surface area contributed by atoms with Crippen LogP contribution in [0, 0.1) is 24.6 Å². The van der Waals surface area contributed by atoms with Gasteiger partial charge >= 0.3 is 5.97 Å². The number of carbonyl (C=O) groups is 1. The van der Waals surface area contributed by atoms with Crippen molar-refractivity contribution in [1.82, 2.24) is 9.55 Å². The molecule has 21 heavy (non-hydrogen) atoms. The zero-order chi connectivity index (χ0) is 15.4. The summed E-state index contributed by atoms with van der Waals surface area (Å²) in [7, 11) is 1.71. The molecule has 2 rings (SSSR count). The molecule has 4 nitrogen and oxygen atoms in total. The van der Waals surface area contributed by atoms with Crippen LogP contribution in [0.5, 0.6) is 0 Å². The standard InChI is InChI=1S/C16H15FN2O2/c1-4-21-16(20)15-11(2)18-14(19(15)3)10-7-12-5-8-13(17)9-6-12/h5-6,8-9H,4H2,1-3H3. The van der Waals surface area contributed by atoms with Crippen LogP contribution in [0.3, 0.4) is 0 Å². The first-order chi connectivity index (χ1) is 10.0. The van der Waals surface area contributed by atoms with Crippen molar-refractivity contribution in [3.63, 3.8) is 0 Å². The number of ether oxygens (including phenoxy) is 1. The van der Waals surface area contributed by atoms with E-state index in [-0.39, 0.29) is 5.82 Å². The Morgan fingerprint density at radius 3 is 2.62 bits per heavy atom. The van der Waals surface area contributed by atoms with Gasteiger partial charge in [0.2, 0.25) is 0 Å². The lowest BCUT2D eigenvalue weighted by Crippen LogP contribution is -2.11. The lowest BCUT2D eigenvalue weighted by atomic mass is 10.2. The number of benzene rings is 1. The van der Waals surface area contributed by atoms with Crippen LogP contribution in [-0.2, 0) is 11.8 Å². The summed E-state index contributed by atoms with van der Waals surface area (Å²) in [6.45, 7) is 3.79. The molecule has 0 unspecified atom stereocenters. The Kier molecular flexibility index (Phi) is 4.39. The maximum Gasteiger partial charge on any atom is 0.356 e. The monoisotopic (exact) mass is 286 g/mol. The molecule has 2 aromatic rings. The highest BCUT2D eigenvalue weighted by atomic mass is 19.1. The van der Waals surface area contributed by atoms with Crippen molar-refractivity contribution in [3.05, 3.63) is 52.9 Å². The third-order valence-electron chi connectivity index (χ3n) is 2.90. The summed E-state index contributed by atoms with van der Waals surface area (Å²) in [6, 6.07) is 5.87. The number of hydrogen-bond acceptors (Lipinski definition) is 3. The Labute approximate surface area is 122 Å². The Bertz CT molecular complexity index is 721. The highest BCUT2D eigenvalue weighted by Gasteiger charge is 2.18. The molecule has 0 radical (unpaired) electrons. The molecule has 1 heterocycles. The van der Waals surface area contributed by atoms with Gasteiger partial charge in [-0.2, -0.15) is 0 Å². The fraction of sp³-hybridized carbons (Fsp3) is 0.250. The van der Waals surface area contributed by atoms with E-state index in [0.717, 1.165) is 0 Å². The van der Waals surface area contributed by atoms with E-state index in [9.17, 15) is 9.18 Å². The number of rotatable bonds is 2. The average molecular weight is 286 g/mol.